The first-order chi connectivity index (χ1) is 8.88. The summed E-state index contributed by atoms with van der Waals surface area (Å²) in [7, 11) is 0. The first kappa shape index (κ1) is 11.3. The lowest BCUT2D eigenvalue weighted by atomic mass is 10.2. The molecule has 18 heavy (non-hydrogen) atoms. The third-order valence-corrected chi connectivity index (χ3v) is 3.68. The molecule has 0 spiro atoms. The predicted molar refractivity (Wildman–Crippen MR) is 72.6 cm³/mol. The largest absolute Gasteiger partial charge is 0.411 e. The molecule has 0 unspecified atom stereocenters. The van der Waals surface area contributed by atoms with Crippen molar-refractivity contribution in [1.29, 1.82) is 0 Å². The SMILES string of the molecule is CCCSc1nnc(-c2c[nH]c3ccccc23)o1. The molecule has 3 rings (SSSR count). The number of aromatic nitrogens is 3. The molecule has 92 valence electrons. The number of para-hydroxylation sites is 1. The molecule has 2 heterocycles. The fourth-order valence-corrected chi connectivity index (χ4v) is 2.43. The number of nitrogens with zero attached hydrogens (tertiary/aromatic N) is 2. The monoisotopic (exact) mass is 259 g/mol. The van der Waals surface area contributed by atoms with Gasteiger partial charge in [-0.25, -0.2) is 0 Å². The van der Waals surface area contributed by atoms with Gasteiger partial charge in [-0.15, -0.1) is 10.2 Å². The van der Waals surface area contributed by atoms with E-state index in [4.69, 9.17) is 4.42 Å². The van der Waals surface area contributed by atoms with Gasteiger partial charge < -0.3 is 9.40 Å². The van der Waals surface area contributed by atoms with Crippen LogP contribution in [-0.2, 0) is 0 Å². The van der Waals surface area contributed by atoms with Crippen LogP contribution in [0.15, 0.2) is 40.1 Å². The molecule has 2 aromatic heterocycles. The van der Waals surface area contributed by atoms with Gasteiger partial charge >= 0.3 is 0 Å². The van der Waals surface area contributed by atoms with Crippen molar-refractivity contribution in [3.8, 4) is 11.5 Å². The van der Waals surface area contributed by atoms with Crippen LogP contribution >= 0.6 is 11.8 Å². The zero-order valence-corrected chi connectivity index (χ0v) is 10.8. The average Bonchev–Trinajstić information content (AvgIpc) is 3.02. The Hall–Kier alpha value is -1.75. The summed E-state index contributed by atoms with van der Waals surface area (Å²) in [5.41, 5.74) is 2.04. The maximum atomic E-state index is 5.66. The third kappa shape index (κ3) is 2.01. The minimum Gasteiger partial charge on any atom is -0.411 e. The first-order valence-electron chi connectivity index (χ1n) is 5.91. The van der Waals surface area contributed by atoms with Crippen LogP contribution < -0.4 is 0 Å². The van der Waals surface area contributed by atoms with Gasteiger partial charge in [0.05, 0.1) is 5.56 Å². The van der Waals surface area contributed by atoms with E-state index in [9.17, 15) is 0 Å². The molecule has 0 fully saturated rings. The smallest absolute Gasteiger partial charge is 0.276 e. The number of rotatable bonds is 4. The molecule has 0 bridgehead atoms. The van der Waals surface area contributed by atoms with Crippen LogP contribution in [0.25, 0.3) is 22.4 Å². The lowest BCUT2D eigenvalue weighted by Gasteiger charge is -1.92. The van der Waals surface area contributed by atoms with Gasteiger partial charge in [0.25, 0.3) is 11.1 Å². The predicted octanol–water partition coefficient (Wildman–Crippen LogP) is 3.72. The van der Waals surface area contributed by atoms with Crippen molar-refractivity contribution >= 4 is 22.7 Å². The second-order valence-electron chi connectivity index (χ2n) is 3.97. The van der Waals surface area contributed by atoms with E-state index in [1.807, 2.05) is 30.5 Å². The molecule has 4 nitrogen and oxygen atoms in total. The highest BCUT2D eigenvalue weighted by Crippen LogP contribution is 2.29. The van der Waals surface area contributed by atoms with Crippen LogP contribution in [-0.4, -0.2) is 20.9 Å². The van der Waals surface area contributed by atoms with Crippen LogP contribution in [0.2, 0.25) is 0 Å². The number of benzene rings is 1. The summed E-state index contributed by atoms with van der Waals surface area (Å²) in [6.07, 6.45) is 3.00. The molecule has 0 amide bonds. The van der Waals surface area contributed by atoms with E-state index in [-0.39, 0.29) is 0 Å². The van der Waals surface area contributed by atoms with Crippen molar-refractivity contribution in [3.63, 3.8) is 0 Å². The van der Waals surface area contributed by atoms with E-state index in [1.165, 1.54) is 0 Å². The van der Waals surface area contributed by atoms with Crippen LogP contribution in [0.3, 0.4) is 0 Å². The normalized spacial score (nSPS) is 11.2. The highest BCUT2D eigenvalue weighted by molar-refractivity contribution is 7.99. The molecule has 1 N–H and O–H groups in total. The van der Waals surface area contributed by atoms with E-state index in [2.05, 4.69) is 22.1 Å². The Morgan fingerprint density at radius 1 is 1.28 bits per heavy atom. The molecule has 3 aromatic rings. The zero-order chi connectivity index (χ0) is 12.4. The van der Waals surface area contributed by atoms with Crippen LogP contribution in [0.4, 0.5) is 0 Å². The summed E-state index contributed by atoms with van der Waals surface area (Å²) < 4.78 is 5.66. The van der Waals surface area contributed by atoms with Crippen LogP contribution in [0.5, 0.6) is 0 Å². The van der Waals surface area contributed by atoms with Gasteiger partial charge in [0.15, 0.2) is 0 Å². The fourth-order valence-electron chi connectivity index (χ4n) is 1.81. The maximum absolute atomic E-state index is 5.66. The van der Waals surface area contributed by atoms with Crippen molar-refractivity contribution in [1.82, 2.24) is 15.2 Å². The molecule has 0 atom stereocenters. The average molecular weight is 259 g/mol. The van der Waals surface area contributed by atoms with Gasteiger partial charge in [-0.3, -0.25) is 0 Å². The minimum absolute atomic E-state index is 0.575. The number of fused-ring (bicyclic) bond motifs is 1. The van der Waals surface area contributed by atoms with E-state index in [0.29, 0.717) is 11.1 Å². The number of hydrogen-bond donors (Lipinski definition) is 1. The lowest BCUT2D eigenvalue weighted by Crippen LogP contribution is -1.75. The topological polar surface area (TPSA) is 54.7 Å². The summed E-state index contributed by atoms with van der Waals surface area (Å²) in [5.74, 6) is 1.57. The van der Waals surface area contributed by atoms with Crippen LogP contribution in [0.1, 0.15) is 13.3 Å². The molecule has 0 aliphatic carbocycles. The number of thioether (sulfide) groups is 1. The van der Waals surface area contributed by atoms with Crippen molar-refractivity contribution in [2.45, 2.75) is 18.6 Å². The van der Waals surface area contributed by atoms with Gasteiger partial charge in [0.1, 0.15) is 0 Å². The molecule has 0 aliphatic rings. The van der Waals surface area contributed by atoms with Crippen molar-refractivity contribution < 1.29 is 4.42 Å². The molecule has 0 aliphatic heterocycles. The Labute approximate surface area is 109 Å². The standard InChI is InChI=1S/C13H13N3OS/c1-2-7-18-13-16-15-12(17-13)10-8-14-11-6-4-3-5-9(10)11/h3-6,8,14H,2,7H2,1H3. The van der Waals surface area contributed by atoms with Crippen molar-refractivity contribution in [3.05, 3.63) is 30.5 Å². The quantitative estimate of drug-likeness (QED) is 0.725. The van der Waals surface area contributed by atoms with Gasteiger partial charge in [-0.05, 0) is 12.5 Å². The Bertz CT molecular complexity index is 659. The van der Waals surface area contributed by atoms with Gasteiger partial charge in [0, 0.05) is 22.9 Å². The summed E-state index contributed by atoms with van der Waals surface area (Å²) in [6, 6.07) is 8.08. The summed E-state index contributed by atoms with van der Waals surface area (Å²) in [5, 5.41) is 9.89. The van der Waals surface area contributed by atoms with Gasteiger partial charge in [0.2, 0.25) is 0 Å². The van der Waals surface area contributed by atoms with E-state index in [0.717, 1.165) is 28.6 Å². The Morgan fingerprint density at radius 3 is 3.06 bits per heavy atom. The van der Waals surface area contributed by atoms with Crippen molar-refractivity contribution in [2.75, 3.05) is 5.75 Å². The second kappa shape index (κ2) is 4.86. The highest BCUT2D eigenvalue weighted by Gasteiger charge is 2.12. The Balaban J connectivity index is 1.96. The number of hydrogen-bond acceptors (Lipinski definition) is 4. The summed E-state index contributed by atoms with van der Waals surface area (Å²) in [6.45, 7) is 2.13. The number of nitrogens with one attached hydrogen (secondary N) is 1. The highest BCUT2D eigenvalue weighted by atomic mass is 32.2. The summed E-state index contributed by atoms with van der Waals surface area (Å²) in [4.78, 5) is 3.20. The molecule has 0 saturated heterocycles. The van der Waals surface area contributed by atoms with E-state index < -0.39 is 0 Å². The van der Waals surface area contributed by atoms with E-state index >= 15 is 0 Å². The number of H-pyrrole nitrogens is 1. The zero-order valence-electron chi connectivity index (χ0n) is 10.0. The van der Waals surface area contributed by atoms with Gasteiger partial charge in [-0.2, -0.15) is 0 Å². The van der Waals surface area contributed by atoms with E-state index in [1.54, 1.807) is 11.8 Å². The summed E-state index contributed by atoms with van der Waals surface area (Å²) >= 11 is 1.59. The van der Waals surface area contributed by atoms with Crippen LogP contribution in [0, 0.1) is 0 Å². The lowest BCUT2D eigenvalue weighted by molar-refractivity contribution is 0.466. The fraction of sp³-hybridized carbons (Fsp3) is 0.231. The van der Waals surface area contributed by atoms with Crippen molar-refractivity contribution in [2.24, 2.45) is 0 Å². The molecule has 0 saturated carbocycles. The third-order valence-electron chi connectivity index (χ3n) is 2.66. The molecular formula is C13H13N3OS. The first-order valence-corrected chi connectivity index (χ1v) is 6.90. The molecular weight excluding hydrogens is 246 g/mol. The number of aromatic amines is 1. The van der Waals surface area contributed by atoms with Gasteiger partial charge in [-0.1, -0.05) is 36.9 Å². The second-order valence-corrected chi connectivity index (χ2v) is 5.02. The molecule has 5 heteroatoms. The maximum Gasteiger partial charge on any atom is 0.276 e. The minimum atomic E-state index is 0.575. The Kier molecular flexibility index (Phi) is 3.06. The molecule has 0 radical (unpaired) electrons. The Morgan fingerprint density at radius 2 is 2.17 bits per heavy atom. The molecule has 1 aromatic carbocycles.